The van der Waals surface area contributed by atoms with Crippen molar-refractivity contribution in [2.45, 2.75) is 6.04 Å². The van der Waals surface area contributed by atoms with Crippen LogP contribution in [-0.4, -0.2) is 28.9 Å². The molecule has 0 saturated carbocycles. The summed E-state index contributed by atoms with van der Waals surface area (Å²) in [5, 5.41) is 13.2. The number of carbonyl (C=O) groups is 2. The topological polar surface area (TPSA) is 79.7 Å². The highest BCUT2D eigenvalue weighted by molar-refractivity contribution is 7.22. The molecule has 1 amide bonds. The van der Waals surface area contributed by atoms with Gasteiger partial charge in [0.1, 0.15) is 23.4 Å². The lowest BCUT2D eigenvalue weighted by atomic mass is 10.00. The molecule has 160 valence electrons. The van der Waals surface area contributed by atoms with Crippen molar-refractivity contribution in [2.75, 3.05) is 12.0 Å². The van der Waals surface area contributed by atoms with Crippen molar-refractivity contribution in [3.05, 3.63) is 81.8 Å². The molecule has 1 unspecified atom stereocenters. The number of fused-ring (bicyclic) bond motifs is 1. The number of ether oxygens (including phenoxy) is 1. The van der Waals surface area contributed by atoms with Gasteiger partial charge in [-0.3, -0.25) is 14.5 Å². The Morgan fingerprint density at radius 2 is 2.00 bits per heavy atom. The number of nitrogens with zero attached hydrogens (tertiary/aromatic N) is 2. The Morgan fingerprint density at radius 1 is 1.16 bits per heavy atom. The number of ketones is 1. The number of Topliss-reactive ketones (excluding diaryl/α,β-unsaturated/α-hetero) is 1. The van der Waals surface area contributed by atoms with E-state index in [2.05, 4.69) is 4.98 Å². The van der Waals surface area contributed by atoms with Crippen molar-refractivity contribution in [1.29, 1.82) is 0 Å². The smallest absolute Gasteiger partial charge is 0.301 e. The van der Waals surface area contributed by atoms with Gasteiger partial charge in [0.15, 0.2) is 5.13 Å². The molecule has 5 rings (SSSR count). The number of benzene rings is 2. The van der Waals surface area contributed by atoms with Crippen LogP contribution in [0, 0.1) is 5.82 Å². The number of aliphatic hydroxyl groups is 1. The number of aliphatic hydroxyl groups excluding tert-OH is 1. The molecular formula is C23H15FN2O4S2. The van der Waals surface area contributed by atoms with E-state index >= 15 is 0 Å². The normalized spacial score (nSPS) is 17.9. The molecular weight excluding hydrogens is 451 g/mol. The van der Waals surface area contributed by atoms with Gasteiger partial charge in [0.05, 0.1) is 22.9 Å². The zero-order valence-electron chi connectivity index (χ0n) is 16.6. The standard InChI is InChI=1S/C23H15FN2O4S2/c1-30-14-5-2-4-12(10-14)20(27)18-19(16-6-3-9-31-16)26(22(29)21(18)28)23-25-15-8-7-13(24)11-17(15)32-23/h2-11,19,27H,1H3. The van der Waals surface area contributed by atoms with Crippen molar-refractivity contribution >= 4 is 55.5 Å². The lowest BCUT2D eigenvalue weighted by Gasteiger charge is -2.21. The lowest BCUT2D eigenvalue weighted by molar-refractivity contribution is -0.132. The molecule has 1 aliphatic heterocycles. The molecule has 0 aliphatic carbocycles. The molecule has 0 radical (unpaired) electrons. The molecule has 1 saturated heterocycles. The van der Waals surface area contributed by atoms with Gasteiger partial charge < -0.3 is 9.84 Å². The van der Waals surface area contributed by atoms with Gasteiger partial charge in [-0.05, 0) is 41.8 Å². The highest BCUT2D eigenvalue weighted by atomic mass is 32.1. The number of thiophene rings is 1. The Labute approximate surface area is 189 Å². The van der Waals surface area contributed by atoms with Gasteiger partial charge in [-0.25, -0.2) is 9.37 Å². The number of halogens is 1. The fourth-order valence-corrected chi connectivity index (χ4v) is 5.50. The van der Waals surface area contributed by atoms with Gasteiger partial charge in [-0.15, -0.1) is 11.3 Å². The molecule has 2 aromatic heterocycles. The fraction of sp³-hybridized carbons (Fsp3) is 0.0870. The molecule has 6 nitrogen and oxygen atoms in total. The number of anilines is 1. The third-order valence-electron chi connectivity index (χ3n) is 5.15. The van der Waals surface area contributed by atoms with Crippen LogP contribution in [0.4, 0.5) is 9.52 Å². The van der Waals surface area contributed by atoms with E-state index in [1.54, 1.807) is 36.4 Å². The highest BCUT2D eigenvalue weighted by Gasteiger charge is 2.48. The molecule has 1 fully saturated rings. The van der Waals surface area contributed by atoms with E-state index in [1.807, 2.05) is 5.38 Å². The Balaban J connectivity index is 1.71. The third kappa shape index (κ3) is 3.26. The lowest BCUT2D eigenvalue weighted by Crippen LogP contribution is -2.28. The maximum atomic E-state index is 13.7. The molecule has 0 bridgehead atoms. The number of aromatic nitrogens is 1. The van der Waals surface area contributed by atoms with Crippen molar-refractivity contribution in [3.63, 3.8) is 0 Å². The number of hydrogen-bond donors (Lipinski definition) is 1. The monoisotopic (exact) mass is 466 g/mol. The summed E-state index contributed by atoms with van der Waals surface area (Å²) in [7, 11) is 1.50. The minimum Gasteiger partial charge on any atom is -0.507 e. The van der Waals surface area contributed by atoms with E-state index in [0.717, 1.165) is 11.3 Å². The van der Waals surface area contributed by atoms with Crippen LogP contribution in [0.5, 0.6) is 5.75 Å². The number of rotatable bonds is 4. The van der Waals surface area contributed by atoms with Crippen LogP contribution in [0.2, 0.25) is 0 Å². The minimum atomic E-state index is -0.855. The van der Waals surface area contributed by atoms with E-state index < -0.39 is 23.5 Å². The predicted molar refractivity (Wildman–Crippen MR) is 122 cm³/mol. The first-order valence-corrected chi connectivity index (χ1v) is 11.2. The summed E-state index contributed by atoms with van der Waals surface area (Å²) in [6, 6.07) is 13.5. The Kier molecular flexibility index (Phi) is 4.99. The van der Waals surface area contributed by atoms with Crippen LogP contribution in [0.1, 0.15) is 16.5 Å². The van der Waals surface area contributed by atoms with Crippen LogP contribution in [0.15, 0.2) is 65.6 Å². The summed E-state index contributed by atoms with van der Waals surface area (Å²) in [5.41, 5.74) is 0.845. The maximum Gasteiger partial charge on any atom is 0.301 e. The second-order valence-electron chi connectivity index (χ2n) is 7.02. The first-order chi connectivity index (χ1) is 15.5. The van der Waals surface area contributed by atoms with E-state index in [4.69, 9.17) is 4.74 Å². The number of hydrogen-bond acceptors (Lipinski definition) is 7. The molecule has 0 spiro atoms. The average molecular weight is 467 g/mol. The second-order valence-corrected chi connectivity index (χ2v) is 9.01. The van der Waals surface area contributed by atoms with Crippen LogP contribution in [-0.2, 0) is 9.59 Å². The maximum absolute atomic E-state index is 13.7. The molecule has 32 heavy (non-hydrogen) atoms. The Hall–Kier alpha value is -3.56. The van der Waals surface area contributed by atoms with Gasteiger partial charge in [0.25, 0.3) is 5.78 Å². The van der Waals surface area contributed by atoms with Crippen molar-refractivity contribution in [2.24, 2.45) is 0 Å². The second kappa shape index (κ2) is 7.85. The summed E-state index contributed by atoms with van der Waals surface area (Å²) in [4.78, 5) is 32.7. The van der Waals surface area contributed by atoms with Gasteiger partial charge in [0.2, 0.25) is 0 Å². The Bertz CT molecular complexity index is 1390. The number of amides is 1. The van der Waals surface area contributed by atoms with Gasteiger partial charge in [-0.2, -0.15) is 0 Å². The van der Waals surface area contributed by atoms with Gasteiger partial charge in [-0.1, -0.05) is 29.5 Å². The van der Waals surface area contributed by atoms with Crippen molar-refractivity contribution in [1.82, 2.24) is 4.98 Å². The number of methoxy groups -OCH3 is 1. The van der Waals surface area contributed by atoms with E-state index in [1.165, 1.54) is 41.5 Å². The Morgan fingerprint density at radius 3 is 2.75 bits per heavy atom. The molecule has 1 N–H and O–H groups in total. The van der Waals surface area contributed by atoms with Crippen LogP contribution >= 0.6 is 22.7 Å². The zero-order valence-corrected chi connectivity index (χ0v) is 18.2. The summed E-state index contributed by atoms with van der Waals surface area (Å²) in [6.45, 7) is 0. The minimum absolute atomic E-state index is 0.0314. The van der Waals surface area contributed by atoms with E-state index in [9.17, 15) is 19.1 Å². The molecule has 4 aromatic rings. The molecule has 1 atom stereocenters. The quantitative estimate of drug-likeness (QED) is 0.256. The van der Waals surface area contributed by atoms with Crippen LogP contribution in [0.3, 0.4) is 0 Å². The summed E-state index contributed by atoms with van der Waals surface area (Å²) < 4.78 is 19.4. The zero-order chi connectivity index (χ0) is 22.4. The van der Waals surface area contributed by atoms with Crippen LogP contribution in [0.25, 0.3) is 16.0 Å². The largest absolute Gasteiger partial charge is 0.507 e. The molecule has 2 aromatic carbocycles. The van der Waals surface area contributed by atoms with Gasteiger partial charge in [0, 0.05) is 10.4 Å². The van der Waals surface area contributed by atoms with E-state index in [0.29, 0.717) is 26.4 Å². The summed E-state index contributed by atoms with van der Waals surface area (Å²) in [5.74, 6) is -1.82. The number of thiazole rings is 1. The third-order valence-corrected chi connectivity index (χ3v) is 7.09. The first kappa shape index (κ1) is 20.3. The van der Waals surface area contributed by atoms with Crippen LogP contribution < -0.4 is 9.64 Å². The summed E-state index contributed by atoms with van der Waals surface area (Å²) >= 11 is 2.47. The van der Waals surface area contributed by atoms with E-state index in [-0.39, 0.29) is 16.5 Å². The predicted octanol–water partition coefficient (Wildman–Crippen LogP) is 5.13. The molecule has 9 heteroatoms. The molecule has 1 aliphatic rings. The number of carbonyl (C=O) groups excluding carboxylic acids is 2. The van der Waals surface area contributed by atoms with Gasteiger partial charge >= 0.3 is 5.91 Å². The van der Waals surface area contributed by atoms with Crippen molar-refractivity contribution in [3.8, 4) is 5.75 Å². The molecule has 3 heterocycles. The fourth-order valence-electron chi connectivity index (χ4n) is 3.66. The average Bonchev–Trinajstić information content (AvgIpc) is 3.52. The van der Waals surface area contributed by atoms with Crippen molar-refractivity contribution < 1.29 is 23.8 Å². The first-order valence-electron chi connectivity index (χ1n) is 9.53. The summed E-state index contributed by atoms with van der Waals surface area (Å²) in [6.07, 6.45) is 0. The highest BCUT2D eigenvalue weighted by Crippen LogP contribution is 2.45. The SMILES string of the molecule is COc1cccc(C(O)=C2C(=O)C(=O)N(c3nc4ccc(F)cc4s3)C2c2cccs2)c1.